The first kappa shape index (κ1) is 21.9. The van der Waals surface area contributed by atoms with E-state index in [1.54, 1.807) is 25.3 Å². The van der Waals surface area contributed by atoms with Crippen LogP contribution in [-0.2, 0) is 6.61 Å². The third kappa shape index (κ3) is 3.88. The number of primary amides is 1. The van der Waals surface area contributed by atoms with Crippen LogP contribution in [0.5, 0.6) is 11.5 Å². The van der Waals surface area contributed by atoms with Crippen molar-refractivity contribution in [2.45, 2.75) is 13.5 Å². The van der Waals surface area contributed by atoms with Gasteiger partial charge in [-0.25, -0.2) is 4.98 Å². The number of nitrogens with zero attached hydrogens (tertiary/aromatic N) is 2. The molecule has 33 heavy (non-hydrogen) atoms. The first-order valence-corrected chi connectivity index (χ1v) is 10.7. The first-order valence-electron chi connectivity index (χ1n) is 9.92. The molecule has 2 aromatic heterocycles. The van der Waals surface area contributed by atoms with Gasteiger partial charge in [0.2, 0.25) is 0 Å². The van der Waals surface area contributed by atoms with Crippen molar-refractivity contribution in [1.29, 1.82) is 5.26 Å². The Morgan fingerprint density at radius 2 is 1.94 bits per heavy atom. The molecule has 0 aliphatic heterocycles. The SMILES string of the molecule is COc1ccc(-c2c(C#N)c(N)nc3sc(C(N)=O)c(N)c23)cc1OCc1ccccc1C. The summed E-state index contributed by atoms with van der Waals surface area (Å²) in [6.07, 6.45) is 0. The van der Waals surface area contributed by atoms with Gasteiger partial charge in [-0.05, 0) is 35.7 Å². The van der Waals surface area contributed by atoms with Gasteiger partial charge >= 0.3 is 0 Å². The van der Waals surface area contributed by atoms with Crippen LogP contribution < -0.4 is 26.7 Å². The van der Waals surface area contributed by atoms with E-state index in [0.29, 0.717) is 39.4 Å². The molecule has 0 spiro atoms. The predicted octanol–water partition coefficient (Wildman–Crippen LogP) is 3.99. The zero-order valence-corrected chi connectivity index (χ0v) is 18.8. The Bertz CT molecular complexity index is 1440. The lowest BCUT2D eigenvalue weighted by atomic mass is 9.96. The first-order chi connectivity index (χ1) is 15.8. The Morgan fingerprint density at radius 3 is 2.61 bits per heavy atom. The van der Waals surface area contributed by atoms with Gasteiger partial charge in [-0.15, -0.1) is 11.3 Å². The maximum Gasteiger partial charge on any atom is 0.260 e. The monoisotopic (exact) mass is 459 g/mol. The second-order valence-corrected chi connectivity index (χ2v) is 8.33. The molecule has 4 rings (SSSR count). The van der Waals surface area contributed by atoms with Crippen LogP contribution in [0.4, 0.5) is 11.5 Å². The number of nitriles is 1. The average Bonchev–Trinajstić information content (AvgIpc) is 3.13. The minimum absolute atomic E-state index is 0.0375. The molecular weight excluding hydrogens is 438 g/mol. The molecule has 0 bridgehead atoms. The molecule has 0 fully saturated rings. The van der Waals surface area contributed by atoms with E-state index in [1.807, 2.05) is 31.2 Å². The van der Waals surface area contributed by atoms with Gasteiger partial charge in [0.05, 0.1) is 12.8 Å². The number of pyridine rings is 1. The largest absolute Gasteiger partial charge is 0.493 e. The molecule has 1 amide bonds. The van der Waals surface area contributed by atoms with Crippen LogP contribution in [0.3, 0.4) is 0 Å². The topological polar surface area (TPSA) is 150 Å². The highest BCUT2D eigenvalue weighted by atomic mass is 32.1. The quantitative estimate of drug-likeness (QED) is 0.394. The number of methoxy groups -OCH3 is 1. The number of hydrogen-bond donors (Lipinski definition) is 3. The summed E-state index contributed by atoms with van der Waals surface area (Å²) in [6, 6.07) is 15.3. The number of carbonyl (C=O) groups excluding carboxylic acids is 1. The minimum atomic E-state index is -0.671. The van der Waals surface area contributed by atoms with Gasteiger partial charge < -0.3 is 26.7 Å². The second-order valence-electron chi connectivity index (χ2n) is 7.33. The second kappa shape index (κ2) is 8.68. The lowest BCUT2D eigenvalue weighted by molar-refractivity contribution is 0.100. The number of nitrogens with two attached hydrogens (primary N) is 3. The van der Waals surface area contributed by atoms with Crippen LogP contribution in [-0.4, -0.2) is 18.0 Å². The molecule has 166 valence electrons. The van der Waals surface area contributed by atoms with E-state index in [1.165, 1.54) is 0 Å². The van der Waals surface area contributed by atoms with Gasteiger partial charge in [0.25, 0.3) is 5.91 Å². The van der Waals surface area contributed by atoms with Crippen LogP contribution in [0.2, 0.25) is 0 Å². The Hall–Kier alpha value is -4.29. The fraction of sp³-hybridized carbons (Fsp3) is 0.125. The molecule has 0 atom stereocenters. The molecular formula is C24H21N5O3S. The van der Waals surface area contributed by atoms with Gasteiger partial charge in [-0.2, -0.15) is 5.26 Å². The van der Waals surface area contributed by atoms with Crippen molar-refractivity contribution in [3.63, 3.8) is 0 Å². The van der Waals surface area contributed by atoms with Gasteiger partial charge in [0.15, 0.2) is 11.5 Å². The summed E-state index contributed by atoms with van der Waals surface area (Å²) in [5.41, 5.74) is 21.3. The summed E-state index contributed by atoms with van der Waals surface area (Å²) in [4.78, 5) is 16.7. The molecule has 2 heterocycles. The molecule has 2 aromatic carbocycles. The number of aryl methyl sites for hydroxylation is 1. The summed E-state index contributed by atoms with van der Waals surface area (Å²) in [5, 5.41) is 10.3. The molecule has 0 aliphatic rings. The average molecular weight is 460 g/mol. The standard InChI is InChI=1S/C24H21N5O3S/c1-12-5-3-4-6-14(12)11-32-17-9-13(7-8-16(17)31-2)18-15(10-25)22(27)29-24-19(18)20(26)21(33-24)23(28)30/h3-9H,11,26H2,1-2H3,(H2,27,29)(H2,28,30). The lowest BCUT2D eigenvalue weighted by Crippen LogP contribution is -2.10. The molecule has 6 N–H and O–H groups in total. The summed E-state index contributed by atoms with van der Waals surface area (Å²) < 4.78 is 11.6. The number of aromatic nitrogens is 1. The number of fused-ring (bicyclic) bond motifs is 1. The van der Waals surface area contributed by atoms with E-state index >= 15 is 0 Å². The van der Waals surface area contributed by atoms with Crippen molar-refractivity contribution < 1.29 is 14.3 Å². The van der Waals surface area contributed by atoms with Crippen LogP contribution in [0.1, 0.15) is 26.4 Å². The number of rotatable bonds is 6. The van der Waals surface area contributed by atoms with Crippen molar-refractivity contribution in [2.75, 3.05) is 18.6 Å². The van der Waals surface area contributed by atoms with Crippen LogP contribution in [0, 0.1) is 18.3 Å². The van der Waals surface area contributed by atoms with Crippen molar-refractivity contribution >= 4 is 39.0 Å². The zero-order chi connectivity index (χ0) is 23.7. The maximum atomic E-state index is 11.9. The highest BCUT2D eigenvalue weighted by Gasteiger charge is 2.24. The smallest absolute Gasteiger partial charge is 0.260 e. The van der Waals surface area contributed by atoms with E-state index in [4.69, 9.17) is 26.7 Å². The molecule has 8 nitrogen and oxygen atoms in total. The molecule has 4 aromatic rings. The summed E-state index contributed by atoms with van der Waals surface area (Å²) in [6.45, 7) is 2.34. The van der Waals surface area contributed by atoms with Crippen molar-refractivity contribution in [3.8, 4) is 28.7 Å². The van der Waals surface area contributed by atoms with Crippen LogP contribution in [0.15, 0.2) is 42.5 Å². The Labute approximate surface area is 194 Å². The fourth-order valence-corrected chi connectivity index (χ4v) is 4.59. The van der Waals surface area contributed by atoms with Crippen molar-refractivity contribution in [2.24, 2.45) is 5.73 Å². The molecule has 0 saturated carbocycles. The lowest BCUT2D eigenvalue weighted by Gasteiger charge is -2.15. The highest BCUT2D eigenvalue weighted by molar-refractivity contribution is 7.21. The summed E-state index contributed by atoms with van der Waals surface area (Å²) >= 11 is 1.04. The summed E-state index contributed by atoms with van der Waals surface area (Å²) in [5.74, 6) is 0.376. The Balaban J connectivity index is 1.89. The van der Waals surface area contributed by atoms with E-state index in [0.717, 1.165) is 22.5 Å². The van der Waals surface area contributed by atoms with E-state index in [2.05, 4.69) is 11.1 Å². The number of benzene rings is 2. The van der Waals surface area contributed by atoms with Crippen molar-refractivity contribution in [1.82, 2.24) is 4.98 Å². The normalized spacial score (nSPS) is 10.7. The number of amides is 1. The highest BCUT2D eigenvalue weighted by Crippen LogP contribution is 2.44. The number of ether oxygens (including phenoxy) is 2. The zero-order valence-electron chi connectivity index (χ0n) is 18.0. The van der Waals surface area contributed by atoms with Crippen LogP contribution >= 0.6 is 11.3 Å². The molecule has 9 heteroatoms. The number of hydrogen-bond acceptors (Lipinski definition) is 8. The van der Waals surface area contributed by atoms with Gasteiger partial charge in [0, 0.05) is 10.9 Å². The number of anilines is 2. The Kier molecular flexibility index (Phi) is 5.77. The number of nitrogen functional groups attached to an aromatic ring is 2. The molecule has 0 unspecified atom stereocenters. The predicted molar refractivity (Wildman–Crippen MR) is 129 cm³/mol. The number of thiophene rings is 1. The maximum absolute atomic E-state index is 11.9. The van der Waals surface area contributed by atoms with Crippen LogP contribution in [0.25, 0.3) is 21.3 Å². The van der Waals surface area contributed by atoms with E-state index in [9.17, 15) is 10.1 Å². The third-order valence-corrected chi connectivity index (χ3v) is 6.45. The van der Waals surface area contributed by atoms with Gasteiger partial charge in [0.1, 0.15) is 33.8 Å². The Morgan fingerprint density at radius 1 is 1.18 bits per heavy atom. The van der Waals surface area contributed by atoms with E-state index in [-0.39, 0.29) is 21.9 Å². The molecule has 0 aliphatic carbocycles. The van der Waals surface area contributed by atoms with E-state index < -0.39 is 5.91 Å². The van der Waals surface area contributed by atoms with Crippen molar-refractivity contribution in [3.05, 3.63) is 64.0 Å². The summed E-state index contributed by atoms with van der Waals surface area (Å²) in [7, 11) is 1.55. The minimum Gasteiger partial charge on any atom is -0.493 e. The third-order valence-electron chi connectivity index (χ3n) is 5.34. The molecule has 0 saturated heterocycles. The number of carbonyl (C=O) groups is 1. The fourth-order valence-electron chi connectivity index (χ4n) is 3.63. The van der Waals surface area contributed by atoms with Gasteiger partial charge in [-0.1, -0.05) is 30.3 Å². The van der Waals surface area contributed by atoms with Gasteiger partial charge in [-0.3, -0.25) is 4.79 Å². The molecule has 0 radical (unpaired) electrons.